The summed E-state index contributed by atoms with van der Waals surface area (Å²) in [7, 11) is 0. The third kappa shape index (κ3) is 4.29. The van der Waals surface area contributed by atoms with E-state index in [1.807, 2.05) is 42.6 Å². The Bertz CT molecular complexity index is 899. The number of piperidine rings is 1. The highest BCUT2D eigenvalue weighted by atomic mass is 35.5. The second-order valence-corrected chi connectivity index (χ2v) is 7.52. The lowest BCUT2D eigenvalue weighted by Crippen LogP contribution is -2.29. The lowest BCUT2D eigenvalue weighted by Gasteiger charge is -2.22. The molecule has 0 atom stereocenters. The summed E-state index contributed by atoms with van der Waals surface area (Å²) in [4.78, 5) is 0. The summed E-state index contributed by atoms with van der Waals surface area (Å²) in [6.45, 7) is 2.43. The molecule has 0 amide bonds. The summed E-state index contributed by atoms with van der Waals surface area (Å²) in [6.07, 6.45) is 6.28. The van der Waals surface area contributed by atoms with Crippen molar-refractivity contribution in [3.63, 3.8) is 0 Å². The van der Waals surface area contributed by atoms with E-state index in [4.69, 9.17) is 27.9 Å². The van der Waals surface area contributed by atoms with Crippen LogP contribution in [-0.2, 0) is 6.61 Å². The Balaban J connectivity index is 1.48. The summed E-state index contributed by atoms with van der Waals surface area (Å²) in [5, 5.41) is 9.19. The monoisotopic (exact) mass is 401 g/mol. The minimum absolute atomic E-state index is 0.330. The van der Waals surface area contributed by atoms with E-state index in [-0.39, 0.29) is 0 Å². The third-order valence-corrected chi connectivity index (χ3v) is 5.60. The zero-order valence-electron chi connectivity index (χ0n) is 14.9. The first-order chi connectivity index (χ1) is 13.2. The van der Waals surface area contributed by atoms with Crippen LogP contribution in [0.4, 0.5) is 0 Å². The zero-order chi connectivity index (χ0) is 18.6. The van der Waals surface area contributed by atoms with Crippen molar-refractivity contribution in [2.75, 3.05) is 13.1 Å². The van der Waals surface area contributed by atoms with Crippen molar-refractivity contribution < 1.29 is 4.74 Å². The van der Waals surface area contributed by atoms with E-state index in [0.717, 1.165) is 48.4 Å². The van der Waals surface area contributed by atoms with Crippen LogP contribution in [0.25, 0.3) is 11.1 Å². The molecule has 1 N–H and O–H groups in total. The van der Waals surface area contributed by atoms with E-state index >= 15 is 0 Å². The largest absolute Gasteiger partial charge is 0.489 e. The normalized spacial score (nSPS) is 15.0. The number of nitrogens with one attached hydrogen (secondary N) is 1. The van der Waals surface area contributed by atoms with Gasteiger partial charge < -0.3 is 10.1 Å². The summed E-state index contributed by atoms with van der Waals surface area (Å²) >= 11 is 12.4. The molecule has 4 nitrogen and oxygen atoms in total. The van der Waals surface area contributed by atoms with Gasteiger partial charge in [-0.25, -0.2) is 0 Å². The predicted octanol–water partition coefficient (Wildman–Crippen LogP) is 5.36. The molecule has 140 valence electrons. The van der Waals surface area contributed by atoms with Gasteiger partial charge in [-0.3, -0.25) is 4.68 Å². The quantitative estimate of drug-likeness (QED) is 0.625. The van der Waals surface area contributed by atoms with Crippen LogP contribution in [0, 0.1) is 0 Å². The van der Waals surface area contributed by atoms with E-state index in [1.165, 1.54) is 0 Å². The second kappa shape index (κ2) is 8.34. The van der Waals surface area contributed by atoms with E-state index < -0.39 is 0 Å². The first-order valence-electron chi connectivity index (χ1n) is 9.12. The topological polar surface area (TPSA) is 39.1 Å². The lowest BCUT2D eigenvalue weighted by atomic mass is 10.1. The molecule has 27 heavy (non-hydrogen) atoms. The molecule has 2 heterocycles. The highest BCUT2D eigenvalue weighted by Gasteiger charge is 2.16. The summed E-state index contributed by atoms with van der Waals surface area (Å²) in [6, 6.07) is 14.0. The maximum atomic E-state index is 6.22. The maximum absolute atomic E-state index is 6.22. The van der Waals surface area contributed by atoms with Crippen LogP contribution in [0.2, 0.25) is 10.0 Å². The fourth-order valence-corrected chi connectivity index (χ4v) is 3.86. The van der Waals surface area contributed by atoms with E-state index in [9.17, 15) is 0 Å². The van der Waals surface area contributed by atoms with Gasteiger partial charge in [0.1, 0.15) is 12.4 Å². The van der Waals surface area contributed by atoms with Crippen molar-refractivity contribution >= 4 is 23.2 Å². The minimum Gasteiger partial charge on any atom is -0.489 e. The van der Waals surface area contributed by atoms with Crippen LogP contribution in [0.5, 0.6) is 5.75 Å². The fourth-order valence-electron chi connectivity index (χ4n) is 3.35. The molecule has 0 bridgehead atoms. The van der Waals surface area contributed by atoms with Gasteiger partial charge in [0.25, 0.3) is 0 Å². The second-order valence-electron chi connectivity index (χ2n) is 6.71. The van der Waals surface area contributed by atoms with E-state index in [0.29, 0.717) is 22.7 Å². The molecule has 3 aromatic rings. The first kappa shape index (κ1) is 18.4. The zero-order valence-corrected chi connectivity index (χ0v) is 16.4. The molecule has 0 spiro atoms. The Labute approximate surface area is 169 Å². The van der Waals surface area contributed by atoms with E-state index in [2.05, 4.69) is 27.4 Å². The lowest BCUT2D eigenvalue weighted by molar-refractivity contribution is 0.306. The summed E-state index contributed by atoms with van der Waals surface area (Å²) in [5.41, 5.74) is 2.97. The maximum Gasteiger partial charge on any atom is 0.120 e. The standard InChI is InChI=1S/C21H21Cl2N3O/c22-20-5-2-6-21(23)19(20)14-27-18-4-1-3-15(11-18)16-12-25-26(13-16)17-7-9-24-10-8-17/h1-6,11-13,17,24H,7-10,14H2. The Hall–Kier alpha value is -2.01. The number of halogens is 2. The number of ether oxygens (including phenoxy) is 1. The molecular weight excluding hydrogens is 381 g/mol. The molecule has 1 aliphatic heterocycles. The summed E-state index contributed by atoms with van der Waals surface area (Å²) < 4.78 is 8.03. The van der Waals surface area contributed by atoms with Gasteiger partial charge in [-0.05, 0) is 55.8 Å². The molecule has 0 aliphatic carbocycles. The molecular formula is C21H21Cl2N3O. The van der Waals surface area contributed by atoms with Gasteiger partial charge in [-0.1, -0.05) is 41.4 Å². The van der Waals surface area contributed by atoms with Crippen molar-refractivity contribution in [2.45, 2.75) is 25.5 Å². The van der Waals surface area contributed by atoms with Crippen molar-refractivity contribution in [2.24, 2.45) is 0 Å². The van der Waals surface area contributed by atoms with Crippen LogP contribution in [-0.4, -0.2) is 22.9 Å². The number of rotatable bonds is 5. The van der Waals surface area contributed by atoms with Gasteiger partial charge in [-0.2, -0.15) is 5.10 Å². The van der Waals surface area contributed by atoms with Gasteiger partial charge in [-0.15, -0.1) is 0 Å². The molecule has 1 fully saturated rings. The van der Waals surface area contributed by atoms with Crippen molar-refractivity contribution in [3.05, 3.63) is 70.5 Å². The van der Waals surface area contributed by atoms with Crippen molar-refractivity contribution in [1.82, 2.24) is 15.1 Å². The number of benzene rings is 2. The van der Waals surface area contributed by atoms with Crippen LogP contribution in [0.1, 0.15) is 24.4 Å². The first-order valence-corrected chi connectivity index (χ1v) is 9.87. The van der Waals surface area contributed by atoms with Gasteiger partial charge in [0.15, 0.2) is 0 Å². The average molecular weight is 402 g/mol. The molecule has 1 aromatic heterocycles. The smallest absolute Gasteiger partial charge is 0.120 e. The molecule has 0 saturated carbocycles. The molecule has 4 rings (SSSR count). The minimum atomic E-state index is 0.330. The number of nitrogens with zero attached hydrogens (tertiary/aromatic N) is 2. The number of hydrogen-bond donors (Lipinski definition) is 1. The van der Waals surface area contributed by atoms with Crippen molar-refractivity contribution in [3.8, 4) is 16.9 Å². The Morgan fingerprint density at radius 1 is 1.04 bits per heavy atom. The van der Waals surface area contributed by atoms with Crippen LogP contribution in [0.15, 0.2) is 54.9 Å². The molecule has 0 unspecified atom stereocenters. The van der Waals surface area contributed by atoms with E-state index in [1.54, 1.807) is 0 Å². The predicted molar refractivity (Wildman–Crippen MR) is 110 cm³/mol. The SMILES string of the molecule is Clc1cccc(Cl)c1COc1cccc(-c2cnn(C3CCNCC3)c2)c1. The Morgan fingerprint density at radius 3 is 2.56 bits per heavy atom. The fraction of sp³-hybridized carbons (Fsp3) is 0.286. The van der Waals surface area contributed by atoms with Crippen LogP contribution < -0.4 is 10.1 Å². The average Bonchev–Trinajstić information content (AvgIpc) is 3.19. The highest BCUT2D eigenvalue weighted by Crippen LogP contribution is 2.29. The molecule has 1 aliphatic rings. The highest BCUT2D eigenvalue weighted by molar-refractivity contribution is 6.35. The molecule has 1 saturated heterocycles. The molecule has 6 heteroatoms. The number of aromatic nitrogens is 2. The molecule has 0 radical (unpaired) electrons. The Kier molecular flexibility index (Phi) is 5.67. The summed E-state index contributed by atoms with van der Waals surface area (Å²) in [5.74, 6) is 0.776. The van der Waals surface area contributed by atoms with Gasteiger partial charge in [0, 0.05) is 27.4 Å². The Morgan fingerprint density at radius 2 is 1.78 bits per heavy atom. The van der Waals surface area contributed by atoms with Crippen LogP contribution >= 0.6 is 23.2 Å². The van der Waals surface area contributed by atoms with Gasteiger partial charge in [0.05, 0.1) is 12.2 Å². The third-order valence-electron chi connectivity index (χ3n) is 4.90. The number of hydrogen-bond acceptors (Lipinski definition) is 3. The van der Waals surface area contributed by atoms with Crippen LogP contribution in [0.3, 0.4) is 0 Å². The molecule has 2 aromatic carbocycles. The van der Waals surface area contributed by atoms with Crippen molar-refractivity contribution in [1.29, 1.82) is 0 Å². The van der Waals surface area contributed by atoms with Gasteiger partial charge in [0.2, 0.25) is 0 Å². The van der Waals surface area contributed by atoms with Gasteiger partial charge >= 0.3 is 0 Å².